The van der Waals surface area contributed by atoms with E-state index in [0.29, 0.717) is 16.9 Å². The van der Waals surface area contributed by atoms with E-state index in [1.165, 1.54) is 0 Å². The lowest BCUT2D eigenvalue weighted by atomic mass is 10.2. The van der Waals surface area contributed by atoms with Crippen molar-refractivity contribution in [3.63, 3.8) is 0 Å². The van der Waals surface area contributed by atoms with Gasteiger partial charge in [0.15, 0.2) is 0 Å². The molecule has 0 spiro atoms. The van der Waals surface area contributed by atoms with Gasteiger partial charge < -0.3 is 14.6 Å². The molecule has 130 valence electrons. The first-order chi connectivity index (χ1) is 12.6. The Labute approximate surface area is 150 Å². The molecule has 3 rings (SSSR count). The van der Waals surface area contributed by atoms with Crippen molar-refractivity contribution in [1.82, 2.24) is 4.57 Å². The third-order valence-corrected chi connectivity index (χ3v) is 3.89. The van der Waals surface area contributed by atoms with E-state index in [1.807, 2.05) is 30.3 Å². The maximum absolute atomic E-state index is 12.5. The first-order valence-electron chi connectivity index (χ1n) is 8.17. The van der Waals surface area contributed by atoms with Gasteiger partial charge in [-0.3, -0.25) is 4.79 Å². The zero-order valence-corrected chi connectivity index (χ0v) is 14.2. The van der Waals surface area contributed by atoms with Crippen LogP contribution in [0.3, 0.4) is 0 Å². The van der Waals surface area contributed by atoms with E-state index < -0.39 is 5.97 Å². The molecule has 0 bridgehead atoms. The van der Waals surface area contributed by atoms with E-state index in [4.69, 9.17) is 10.00 Å². The fraction of sp³-hybridized carbons (Fsp3) is 0.150. The summed E-state index contributed by atoms with van der Waals surface area (Å²) in [4.78, 5) is 24.7. The van der Waals surface area contributed by atoms with Gasteiger partial charge >= 0.3 is 5.97 Å². The molecule has 26 heavy (non-hydrogen) atoms. The first-order valence-corrected chi connectivity index (χ1v) is 8.17. The first kappa shape index (κ1) is 17.2. The summed E-state index contributed by atoms with van der Waals surface area (Å²) in [5.74, 6) is -0.739. The summed E-state index contributed by atoms with van der Waals surface area (Å²) >= 11 is 0. The van der Waals surface area contributed by atoms with Crippen LogP contribution in [0.2, 0.25) is 0 Å². The van der Waals surface area contributed by atoms with Crippen LogP contribution in [0.1, 0.15) is 23.0 Å². The van der Waals surface area contributed by atoms with E-state index >= 15 is 0 Å². The molecule has 0 saturated heterocycles. The zero-order chi connectivity index (χ0) is 18.5. The molecular formula is C20H17N3O3. The number of nitrogens with zero attached hydrogens (tertiary/aromatic N) is 2. The van der Waals surface area contributed by atoms with Crippen molar-refractivity contribution < 1.29 is 14.3 Å². The molecule has 0 saturated carbocycles. The Morgan fingerprint density at radius 1 is 1.15 bits per heavy atom. The van der Waals surface area contributed by atoms with Crippen LogP contribution in [-0.2, 0) is 16.1 Å². The topological polar surface area (TPSA) is 84.1 Å². The van der Waals surface area contributed by atoms with Crippen LogP contribution >= 0.6 is 0 Å². The standard InChI is InChI=1S/C20H17N3O3/c1-2-26-20(25)18-11-15-5-3-4-6-17(15)23(18)13-19(24)22-16-9-7-14(12-21)8-10-16/h3-11H,2,13H2,1H3,(H,22,24). The van der Waals surface area contributed by atoms with Crippen molar-refractivity contribution in [2.24, 2.45) is 0 Å². The fourth-order valence-electron chi connectivity index (χ4n) is 2.73. The molecule has 0 aliphatic rings. The van der Waals surface area contributed by atoms with Gasteiger partial charge in [-0.05, 0) is 43.3 Å². The molecule has 3 aromatic rings. The number of para-hydroxylation sites is 1. The number of anilines is 1. The third kappa shape index (κ3) is 3.57. The van der Waals surface area contributed by atoms with Crippen LogP contribution in [-0.4, -0.2) is 23.1 Å². The number of carbonyl (C=O) groups excluding carboxylic acids is 2. The van der Waals surface area contributed by atoms with Gasteiger partial charge in [0.05, 0.1) is 18.2 Å². The number of fused-ring (bicyclic) bond motifs is 1. The second-order valence-electron chi connectivity index (χ2n) is 5.63. The molecule has 0 aliphatic carbocycles. The Kier molecular flexibility index (Phi) is 4.99. The number of ether oxygens (including phenoxy) is 1. The van der Waals surface area contributed by atoms with Crippen molar-refractivity contribution in [1.29, 1.82) is 5.26 Å². The highest BCUT2D eigenvalue weighted by molar-refractivity contribution is 5.98. The fourth-order valence-corrected chi connectivity index (χ4v) is 2.73. The number of nitrogens with one attached hydrogen (secondary N) is 1. The minimum absolute atomic E-state index is 0.0261. The Bertz CT molecular complexity index is 997. The molecule has 0 radical (unpaired) electrons. The maximum atomic E-state index is 12.5. The van der Waals surface area contributed by atoms with Gasteiger partial charge in [-0.25, -0.2) is 4.79 Å². The molecule has 0 unspecified atom stereocenters. The SMILES string of the molecule is CCOC(=O)c1cc2ccccc2n1CC(=O)Nc1ccc(C#N)cc1. The van der Waals surface area contributed by atoms with Crippen LogP contribution in [0.15, 0.2) is 54.6 Å². The molecule has 2 aromatic carbocycles. The number of hydrogen-bond acceptors (Lipinski definition) is 4. The average molecular weight is 347 g/mol. The zero-order valence-electron chi connectivity index (χ0n) is 14.2. The van der Waals surface area contributed by atoms with E-state index in [1.54, 1.807) is 41.8 Å². The molecule has 1 heterocycles. The number of hydrogen-bond donors (Lipinski definition) is 1. The van der Waals surface area contributed by atoms with Crippen LogP contribution in [0.5, 0.6) is 0 Å². The number of esters is 1. The van der Waals surface area contributed by atoms with Gasteiger partial charge in [0.1, 0.15) is 12.2 Å². The summed E-state index contributed by atoms with van der Waals surface area (Å²) in [7, 11) is 0. The number of amides is 1. The highest BCUT2D eigenvalue weighted by Crippen LogP contribution is 2.21. The third-order valence-electron chi connectivity index (χ3n) is 3.89. The number of nitriles is 1. The second kappa shape index (κ2) is 7.53. The van der Waals surface area contributed by atoms with E-state index in [9.17, 15) is 9.59 Å². The lowest BCUT2D eigenvalue weighted by molar-refractivity contribution is -0.116. The average Bonchev–Trinajstić information content (AvgIpc) is 3.01. The smallest absolute Gasteiger partial charge is 0.354 e. The van der Waals surface area contributed by atoms with Crippen LogP contribution in [0, 0.1) is 11.3 Å². The summed E-state index contributed by atoms with van der Waals surface area (Å²) in [6, 6.07) is 17.8. The lowest BCUT2D eigenvalue weighted by Gasteiger charge is -2.11. The van der Waals surface area contributed by atoms with Gasteiger partial charge in [0, 0.05) is 16.6 Å². The lowest BCUT2D eigenvalue weighted by Crippen LogP contribution is -2.22. The van der Waals surface area contributed by atoms with Gasteiger partial charge in [0.25, 0.3) is 0 Å². The summed E-state index contributed by atoms with van der Waals surface area (Å²) in [5, 5.41) is 12.5. The Hall–Kier alpha value is -3.59. The normalized spacial score (nSPS) is 10.3. The summed E-state index contributed by atoms with van der Waals surface area (Å²) in [5.41, 5.74) is 2.22. The second-order valence-corrected chi connectivity index (χ2v) is 5.63. The predicted molar refractivity (Wildman–Crippen MR) is 97.7 cm³/mol. The van der Waals surface area contributed by atoms with Crippen molar-refractivity contribution in [3.8, 4) is 6.07 Å². The Morgan fingerprint density at radius 3 is 2.58 bits per heavy atom. The van der Waals surface area contributed by atoms with Crippen LogP contribution in [0.25, 0.3) is 10.9 Å². The van der Waals surface area contributed by atoms with Crippen LogP contribution in [0.4, 0.5) is 5.69 Å². The minimum atomic E-state index is -0.463. The summed E-state index contributed by atoms with van der Waals surface area (Å²) in [6.45, 7) is 1.97. The highest BCUT2D eigenvalue weighted by atomic mass is 16.5. The molecule has 1 amide bonds. The Balaban J connectivity index is 1.86. The molecule has 0 fully saturated rings. The molecule has 0 aliphatic heterocycles. The number of benzene rings is 2. The minimum Gasteiger partial charge on any atom is -0.461 e. The van der Waals surface area contributed by atoms with Gasteiger partial charge in [0.2, 0.25) is 5.91 Å². The number of aromatic nitrogens is 1. The molecule has 6 nitrogen and oxygen atoms in total. The van der Waals surface area contributed by atoms with E-state index in [0.717, 1.165) is 10.9 Å². The molecule has 6 heteroatoms. The summed E-state index contributed by atoms with van der Waals surface area (Å²) in [6.07, 6.45) is 0. The molecule has 1 aromatic heterocycles. The van der Waals surface area contributed by atoms with Gasteiger partial charge in [-0.1, -0.05) is 18.2 Å². The largest absolute Gasteiger partial charge is 0.461 e. The monoisotopic (exact) mass is 347 g/mol. The maximum Gasteiger partial charge on any atom is 0.354 e. The van der Waals surface area contributed by atoms with Crippen molar-refractivity contribution in [2.45, 2.75) is 13.5 Å². The van der Waals surface area contributed by atoms with Crippen molar-refractivity contribution in [2.75, 3.05) is 11.9 Å². The summed E-state index contributed by atoms with van der Waals surface area (Å²) < 4.78 is 6.75. The Morgan fingerprint density at radius 2 is 1.88 bits per heavy atom. The van der Waals surface area contributed by atoms with Crippen molar-refractivity contribution in [3.05, 3.63) is 65.9 Å². The van der Waals surface area contributed by atoms with E-state index in [2.05, 4.69) is 5.32 Å². The molecular weight excluding hydrogens is 330 g/mol. The number of carbonyl (C=O) groups is 2. The quantitative estimate of drug-likeness (QED) is 0.718. The predicted octanol–water partition coefficient (Wildman–Crippen LogP) is 3.33. The van der Waals surface area contributed by atoms with Gasteiger partial charge in [-0.2, -0.15) is 5.26 Å². The molecule has 0 atom stereocenters. The number of rotatable bonds is 5. The van der Waals surface area contributed by atoms with Gasteiger partial charge in [-0.15, -0.1) is 0 Å². The highest BCUT2D eigenvalue weighted by Gasteiger charge is 2.18. The van der Waals surface area contributed by atoms with Crippen LogP contribution < -0.4 is 5.32 Å². The van der Waals surface area contributed by atoms with E-state index in [-0.39, 0.29) is 19.1 Å². The van der Waals surface area contributed by atoms with Crippen molar-refractivity contribution >= 4 is 28.5 Å². The molecule has 1 N–H and O–H groups in total.